The van der Waals surface area contributed by atoms with E-state index in [0.29, 0.717) is 26.1 Å². The first-order valence-electron chi connectivity index (χ1n) is 10.5. The zero-order valence-electron chi connectivity index (χ0n) is 18.4. The fourth-order valence-corrected chi connectivity index (χ4v) is 3.74. The van der Waals surface area contributed by atoms with Crippen LogP contribution in [-0.2, 0) is 22.6 Å². The van der Waals surface area contributed by atoms with Crippen LogP contribution >= 0.6 is 0 Å². The van der Waals surface area contributed by atoms with Crippen molar-refractivity contribution < 1.29 is 19.1 Å². The Labute approximate surface area is 183 Å². The van der Waals surface area contributed by atoms with Crippen LogP contribution in [0.15, 0.2) is 42.5 Å². The van der Waals surface area contributed by atoms with Crippen molar-refractivity contribution in [3.05, 3.63) is 59.2 Å². The molecule has 0 aromatic heterocycles. The van der Waals surface area contributed by atoms with Gasteiger partial charge in [0.15, 0.2) is 0 Å². The molecule has 0 spiro atoms. The number of piperazine rings is 1. The van der Waals surface area contributed by atoms with Crippen molar-refractivity contribution in [1.82, 2.24) is 15.5 Å². The highest BCUT2D eigenvalue weighted by Gasteiger charge is 2.31. The second-order valence-corrected chi connectivity index (χ2v) is 7.74. The second-order valence-electron chi connectivity index (χ2n) is 7.74. The van der Waals surface area contributed by atoms with Gasteiger partial charge < -0.3 is 20.1 Å². The Balaban J connectivity index is 1.55. The van der Waals surface area contributed by atoms with Crippen molar-refractivity contribution >= 4 is 11.8 Å². The van der Waals surface area contributed by atoms with E-state index >= 15 is 0 Å². The Bertz CT molecular complexity index is 898. The van der Waals surface area contributed by atoms with Gasteiger partial charge in [0.05, 0.1) is 26.7 Å². The van der Waals surface area contributed by atoms with Crippen molar-refractivity contribution in [1.29, 1.82) is 0 Å². The summed E-state index contributed by atoms with van der Waals surface area (Å²) in [5, 5.41) is 5.82. The van der Waals surface area contributed by atoms with Gasteiger partial charge in [-0.25, -0.2) is 0 Å². The Hall–Kier alpha value is -3.06. The highest BCUT2D eigenvalue weighted by Crippen LogP contribution is 2.24. The van der Waals surface area contributed by atoms with Gasteiger partial charge in [-0.05, 0) is 30.5 Å². The zero-order chi connectivity index (χ0) is 22.2. The molecule has 0 unspecified atom stereocenters. The highest BCUT2D eigenvalue weighted by atomic mass is 16.5. The van der Waals surface area contributed by atoms with E-state index in [9.17, 15) is 9.59 Å². The van der Waals surface area contributed by atoms with E-state index in [-0.39, 0.29) is 18.2 Å². The molecule has 1 aliphatic heterocycles. The topological polar surface area (TPSA) is 79.9 Å². The van der Waals surface area contributed by atoms with E-state index in [1.165, 1.54) is 5.56 Å². The minimum absolute atomic E-state index is 0.0923. The fourth-order valence-electron chi connectivity index (χ4n) is 3.74. The summed E-state index contributed by atoms with van der Waals surface area (Å²) in [5.74, 6) is 1.22. The first-order chi connectivity index (χ1) is 15.0. The summed E-state index contributed by atoms with van der Waals surface area (Å²) >= 11 is 0. The Morgan fingerprint density at radius 1 is 1.16 bits per heavy atom. The quantitative estimate of drug-likeness (QED) is 0.643. The second kappa shape index (κ2) is 10.8. The van der Waals surface area contributed by atoms with Crippen LogP contribution in [0.3, 0.4) is 0 Å². The van der Waals surface area contributed by atoms with Crippen LogP contribution < -0.4 is 20.1 Å². The van der Waals surface area contributed by atoms with Gasteiger partial charge in [-0.15, -0.1) is 0 Å². The molecule has 0 radical (unpaired) electrons. The summed E-state index contributed by atoms with van der Waals surface area (Å²) in [5.41, 5.74) is 3.32. The fraction of sp³-hybridized carbons (Fsp3) is 0.417. The third-order valence-corrected chi connectivity index (χ3v) is 5.54. The smallest absolute Gasteiger partial charge is 0.237 e. The van der Waals surface area contributed by atoms with Crippen LogP contribution in [0.1, 0.15) is 23.1 Å². The lowest BCUT2D eigenvalue weighted by Gasteiger charge is -2.34. The molecule has 0 bridgehead atoms. The molecular formula is C24H31N3O4. The average Bonchev–Trinajstić information content (AvgIpc) is 2.77. The minimum Gasteiger partial charge on any atom is -0.497 e. The van der Waals surface area contributed by atoms with Gasteiger partial charge >= 0.3 is 0 Å². The first-order valence-corrected chi connectivity index (χ1v) is 10.5. The minimum atomic E-state index is -0.467. The number of hydrogen-bond donors (Lipinski definition) is 2. The SMILES string of the molecule is COc1ccc(CCNC(=O)C[C@H]2C(=O)NCCN2Cc2ccc(C)cc2)c(OC)c1. The lowest BCUT2D eigenvalue weighted by atomic mass is 10.1. The van der Waals surface area contributed by atoms with Crippen molar-refractivity contribution in [2.45, 2.75) is 32.4 Å². The van der Waals surface area contributed by atoms with Gasteiger partial charge in [-0.2, -0.15) is 0 Å². The van der Waals surface area contributed by atoms with Crippen LogP contribution in [0.2, 0.25) is 0 Å². The molecule has 0 aliphatic carbocycles. The van der Waals surface area contributed by atoms with E-state index < -0.39 is 6.04 Å². The van der Waals surface area contributed by atoms with Crippen molar-refractivity contribution in [3.63, 3.8) is 0 Å². The standard InChI is InChI=1S/C24H31N3O4/c1-17-4-6-18(7-5-17)16-27-13-12-26-24(29)21(27)15-23(28)25-11-10-19-8-9-20(30-2)14-22(19)31-3/h4-9,14,21H,10-13,15-16H2,1-3H3,(H,25,28)(H,26,29)/t21-/m0/s1. The zero-order valence-corrected chi connectivity index (χ0v) is 18.4. The number of rotatable bonds is 9. The number of nitrogens with one attached hydrogen (secondary N) is 2. The number of ether oxygens (including phenoxy) is 2. The Kier molecular flexibility index (Phi) is 7.89. The van der Waals surface area contributed by atoms with Crippen molar-refractivity contribution in [2.75, 3.05) is 33.9 Å². The summed E-state index contributed by atoms with van der Waals surface area (Å²) in [4.78, 5) is 27.1. The molecule has 166 valence electrons. The molecule has 1 heterocycles. The molecular weight excluding hydrogens is 394 g/mol. The lowest BCUT2D eigenvalue weighted by molar-refractivity contribution is -0.134. The molecule has 0 saturated carbocycles. The summed E-state index contributed by atoms with van der Waals surface area (Å²) < 4.78 is 10.6. The van der Waals surface area contributed by atoms with E-state index in [0.717, 1.165) is 29.2 Å². The van der Waals surface area contributed by atoms with Gasteiger partial charge in [0.25, 0.3) is 0 Å². The first kappa shape index (κ1) is 22.6. The molecule has 1 aliphatic rings. The molecule has 2 aromatic rings. The third-order valence-electron chi connectivity index (χ3n) is 5.54. The van der Waals surface area contributed by atoms with Crippen LogP contribution in [0.4, 0.5) is 0 Å². The molecule has 2 aromatic carbocycles. The monoisotopic (exact) mass is 425 g/mol. The molecule has 1 saturated heterocycles. The number of benzene rings is 2. The van der Waals surface area contributed by atoms with Crippen LogP contribution in [0.5, 0.6) is 11.5 Å². The predicted molar refractivity (Wildman–Crippen MR) is 119 cm³/mol. The third kappa shape index (κ3) is 6.21. The van der Waals surface area contributed by atoms with Gasteiger partial charge in [0.2, 0.25) is 11.8 Å². The number of carbonyl (C=O) groups excluding carboxylic acids is 2. The summed E-state index contributed by atoms with van der Waals surface area (Å²) in [7, 11) is 3.22. The molecule has 2 N–H and O–H groups in total. The maximum absolute atomic E-state index is 12.6. The lowest BCUT2D eigenvalue weighted by Crippen LogP contribution is -2.56. The van der Waals surface area contributed by atoms with E-state index in [1.54, 1.807) is 14.2 Å². The summed E-state index contributed by atoms with van der Waals surface area (Å²) in [6.07, 6.45) is 0.764. The maximum Gasteiger partial charge on any atom is 0.237 e. The van der Waals surface area contributed by atoms with Crippen LogP contribution in [0.25, 0.3) is 0 Å². The number of methoxy groups -OCH3 is 2. The molecule has 1 fully saturated rings. The van der Waals surface area contributed by atoms with Crippen LogP contribution in [0, 0.1) is 6.92 Å². The summed E-state index contributed by atoms with van der Waals surface area (Å²) in [6.45, 7) is 4.48. The van der Waals surface area contributed by atoms with Gasteiger partial charge in [0.1, 0.15) is 11.5 Å². The van der Waals surface area contributed by atoms with Crippen LogP contribution in [-0.4, -0.2) is 56.6 Å². The number of carbonyl (C=O) groups is 2. The normalized spacial score (nSPS) is 16.5. The van der Waals surface area contributed by atoms with E-state index in [4.69, 9.17) is 9.47 Å². The molecule has 3 rings (SSSR count). The number of amides is 2. The maximum atomic E-state index is 12.6. The van der Waals surface area contributed by atoms with Gasteiger partial charge in [0, 0.05) is 32.2 Å². The van der Waals surface area contributed by atoms with E-state index in [2.05, 4.69) is 39.8 Å². The largest absolute Gasteiger partial charge is 0.497 e. The van der Waals surface area contributed by atoms with Gasteiger partial charge in [-0.1, -0.05) is 35.9 Å². The van der Waals surface area contributed by atoms with Gasteiger partial charge in [-0.3, -0.25) is 14.5 Å². The Morgan fingerprint density at radius 3 is 2.65 bits per heavy atom. The molecule has 1 atom stereocenters. The number of nitrogens with zero attached hydrogens (tertiary/aromatic N) is 1. The predicted octanol–water partition coefficient (Wildman–Crippen LogP) is 2.06. The average molecular weight is 426 g/mol. The highest BCUT2D eigenvalue weighted by molar-refractivity contribution is 5.88. The molecule has 31 heavy (non-hydrogen) atoms. The molecule has 7 nitrogen and oxygen atoms in total. The Morgan fingerprint density at radius 2 is 1.94 bits per heavy atom. The summed E-state index contributed by atoms with van der Waals surface area (Å²) in [6, 6.07) is 13.4. The number of aryl methyl sites for hydroxylation is 1. The molecule has 2 amide bonds. The van der Waals surface area contributed by atoms with Crippen molar-refractivity contribution in [3.8, 4) is 11.5 Å². The van der Waals surface area contributed by atoms with E-state index in [1.807, 2.05) is 25.1 Å². The van der Waals surface area contributed by atoms with Crippen molar-refractivity contribution in [2.24, 2.45) is 0 Å². The molecule has 7 heteroatoms. The number of hydrogen-bond acceptors (Lipinski definition) is 5.